The fraction of sp³-hybridized carbons (Fsp3) is 0.318. The first kappa shape index (κ1) is 22.7. The first-order valence-corrected chi connectivity index (χ1v) is 9.76. The number of methoxy groups -OCH3 is 1. The number of hydrazone groups is 1. The van der Waals surface area contributed by atoms with Crippen LogP contribution in [0.2, 0.25) is 0 Å². The molecular weight excluding hydrogens is 386 g/mol. The van der Waals surface area contributed by atoms with Crippen molar-refractivity contribution in [2.75, 3.05) is 12.4 Å². The number of anilines is 1. The Labute approximate surface area is 175 Å². The topological polar surface area (TPSA) is 120 Å². The molecule has 0 atom stereocenters. The maximum absolute atomic E-state index is 11.9. The Morgan fingerprint density at radius 1 is 0.967 bits per heavy atom. The highest BCUT2D eigenvalue weighted by Crippen LogP contribution is 2.22. The van der Waals surface area contributed by atoms with Crippen LogP contribution in [0.3, 0.4) is 0 Å². The summed E-state index contributed by atoms with van der Waals surface area (Å²) in [5.74, 6) is 0.229. The highest BCUT2D eigenvalue weighted by Gasteiger charge is 2.06. The number of phenols is 2. The number of hydrogen-bond acceptors (Lipinski definition) is 6. The lowest BCUT2D eigenvalue weighted by Crippen LogP contribution is -2.17. The fourth-order valence-electron chi connectivity index (χ4n) is 2.71. The summed E-state index contributed by atoms with van der Waals surface area (Å²) in [6, 6.07) is 11.4. The van der Waals surface area contributed by atoms with Gasteiger partial charge in [-0.2, -0.15) is 5.10 Å². The number of benzene rings is 2. The number of unbranched alkanes of at least 4 members (excludes halogenated alkanes) is 3. The standard InChI is InChI=1S/C22H27N3O5/c1-30-17-13-12-16(20(27)14-17)15-23-25-22(29)11-5-3-2-4-10-21(28)24-18-8-6-7-9-19(18)26/h6-9,12-15,26-27H,2-5,10-11H2,1H3,(H,24,28)(H,25,29)/b23-15+. The van der Waals surface area contributed by atoms with Crippen molar-refractivity contribution in [2.24, 2.45) is 5.10 Å². The molecular formula is C22H27N3O5. The van der Waals surface area contributed by atoms with Crippen LogP contribution in [0.25, 0.3) is 0 Å². The number of para-hydroxylation sites is 2. The van der Waals surface area contributed by atoms with Gasteiger partial charge < -0.3 is 20.3 Å². The van der Waals surface area contributed by atoms with E-state index in [1.807, 2.05) is 0 Å². The molecule has 0 spiro atoms. The molecule has 30 heavy (non-hydrogen) atoms. The van der Waals surface area contributed by atoms with Crippen LogP contribution in [-0.2, 0) is 9.59 Å². The van der Waals surface area contributed by atoms with Gasteiger partial charge in [-0.15, -0.1) is 0 Å². The Kier molecular flexibility index (Phi) is 9.18. The highest BCUT2D eigenvalue weighted by atomic mass is 16.5. The molecule has 0 saturated heterocycles. The molecule has 2 rings (SSSR count). The summed E-state index contributed by atoms with van der Waals surface area (Å²) in [6.07, 6.45) is 5.10. The summed E-state index contributed by atoms with van der Waals surface area (Å²) < 4.78 is 5.00. The van der Waals surface area contributed by atoms with E-state index in [0.29, 0.717) is 42.7 Å². The first-order chi connectivity index (χ1) is 14.5. The number of hydrogen-bond donors (Lipinski definition) is 4. The van der Waals surface area contributed by atoms with Gasteiger partial charge in [0.05, 0.1) is 19.0 Å². The van der Waals surface area contributed by atoms with Crippen LogP contribution in [0, 0.1) is 0 Å². The second-order valence-electron chi connectivity index (χ2n) is 6.70. The van der Waals surface area contributed by atoms with Crippen LogP contribution in [0.5, 0.6) is 17.2 Å². The van der Waals surface area contributed by atoms with E-state index < -0.39 is 0 Å². The van der Waals surface area contributed by atoms with Crippen LogP contribution in [0.15, 0.2) is 47.6 Å². The van der Waals surface area contributed by atoms with Crippen LogP contribution in [0.1, 0.15) is 44.1 Å². The summed E-state index contributed by atoms with van der Waals surface area (Å²) in [4.78, 5) is 23.7. The number of carbonyl (C=O) groups excluding carboxylic acids is 2. The normalized spacial score (nSPS) is 10.7. The molecule has 4 N–H and O–H groups in total. The van der Waals surface area contributed by atoms with Gasteiger partial charge in [0, 0.05) is 24.5 Å². The zero-order valence-corrected chi connectivity index (χ0v) is 16.9. The lowest BCUT2D eigenvalue weighted by atomic mass is 10.1. The summed E-state index contributed by atoms with van der Waals surface area (Å²) in [7, 11) is 1.51. The minimum atomic E-state index is -0.212. The average molecular weight is 413 g/mol. The fourth-order valence-corrected chi connectivity index (χ4v) is 2.71. The third-order valence-corrected chi connectivity index (χ3v) is 4.37. The van der Waals surface area contributed by atoms with Crippen molar-refractivity contribution < 1.29 is 24.5 Å². The molecule has 0 heterocycles. The molecule has 160 valence electrons. The van der Waals surface area contributed by atoms with Gasteiger partial charge in [0.15, 0.2) is 0 Å². The van der Waals surface area contributed by atoms with E-state index in [1.165, 1.54) is 25.5 Å². The van der Waals surface area contributed by atoms with E-state index in [0.717, 1.165) is 12.8 Å². The van der Waals surface area contributed by atoms with E-state index >= 15 is 0 Å². The van der Waals surface area contributed by atoms with E-state index in [1.54, 1.807) is 30.3 Å². The zero-order chi connectivity index (χ0) is 21.8. The number of phenolic OH excluding ortho intramolecular Hbond substituents is 2. The second kappa shape index (κ2) is 12.1. The molecule has 0 aliphatic carbocycles. The molecule has 0 aliphatic heterocycles. The van der Waals surface area contributed by atoms with E-state index in [2.05, 4.69) is 15.8 Å². The van der Waals surface area contributed by atoms with E-state index in [9.17, 15) is 19.8 Å². The highest BCUT2D eigenvalue weighted by molar-refractivity contribution is 5.92. The molecule has 0 aliphatic rings. The van der Waals surface area contributed by atoms with Crippen LogP contribution < -0.4 is 15.5 Å². The predicted molar refractivity (Wildman–Crippen MR) is 115 cm³/mol. The Hall–Kier alpha value is -3.55. The van der Waals surface area contributed by atoms with Crippen molar-refractivity contribution in [1.29, 1.82) is 0 Å². The first-order valence-electron chi connectivity index (χ1n) is 9.76. The molecule has 2 aromatic rings. The van der Waals surface area contributed by atoms with Crippen molar-refractivity contribution in [3.8, 4) is 17.2 Å². The number of amides is 2. The smallest absolute Gasteiger partial charge is 0.240 e. The maximum Gasteiger partial charge on any atom is 0.240 e. The molecule has 8 heteroatoms. The summed E-state index contributed by atoms with van der Waals surface area (Å²) in [6.45, 7) is 0. The van der Waals surface area contributed by atoms with Crippen molar-refractivity contribution in [1.82, 2.24) is 5.43 Å². The van der Waals surface area contributed by atoms with E-state index in [4.69, 9.17) is 4.74 Å². The third-order valence-electron chi connectivity index (χ3n) is 4.37. The van der Waals surface area contributed by atoms with Gasteiger partial charge in [0.1, 0.15) is 17.2 Å². The number of nitrogens with one attached hydrogen (secondary N) is 2. The second-order valence-corrected chi connectivity index (χ2v) is 6.70. The Bertz CT molecular complexity index is 883. The number of ether oxygens (including phenoxy) is 1. The van der Waals surface area contributed by atoms with Gasteiger partial charge in [-0.05, 0) is 37.1 Å². The van der Waals surface area contributed by atoms with Crippen molar-refractivity contribution in [3.05, 3.63) is 48.0 Å². The zero-order valence-electron chi connectivity index (χ0n) is 16.9. The van der Waals surface area contributed by atoms with E-state index in [-0.39, 0.29) is 23.3 Å². The predicted octanol–water partition coefficient (Wildman–Crippen LogP) is 3.54. The molecule has 0 bridgehead atoms. The van der Waals surface area contributed by atoms with Crippen molar-refractivity contribution >= 4 is 23.7 Å². The number of aromatic hydroxyl groups is 2. The van der Waals surface area contributed by atoms with Gasteiger partial charge >= 0.3 is 0 Å². The number of nitrogens with zero attached hydrogens (tertiary/aromatic N) is 1. The Morgan fingerprint density at radius 3 is 2.33 bits per heavy atom. The van der Waals surface area contributed by atoms with Crippen LogP contribution >= 0.6 is 0 Å². The van der Waals surface area contributed by atoms with Crippen molar-refractivity contribution in [3.63, 3.8) is 0 Å². The van der Waals surface area contributed by atoms with Crippen molar-refractivity contribution in [2.45, 2.75) is 38.5 Å². The molecule has 0 unspecified atom stereocenters. The quantitative estimate of drug-likeness (QED) is 0.194. The molecule has 2 aromatic carbocycles. The minimum absolute atomic E-state index is 0.0128. The monoisotopic (exact) mass is 413 g/mol. The van der Waals surface area contributed by atoms with Gasteiger partial charge in [-0.25, -0.2) is 5.43 Å². The summed E-state index contributed by atoms with van der Waals surface area (Å²) in [5.41, 5.74) is 3.30. The SMILES string of the molecule is COc1ccc(/C=N/NC(=O)CCCCCCC(=O)Nc2ccccc2O)c(O)c1. The lowest BCUT2D eigenvalue weighted by Gasteiger charge is -2.06. The molecule has 0 aromatic heterocycles. The summed E-state index contributed by atoms with van der Waals surface area (Å²) >= 11 is 0. The van der Waals surface area contributed by atoms with Gasteiger partial charge in [0.25, 0.3) is 0 Å². The van der Waals surface area contributed by atoms with Crippen LogP contribution in [0.4, 0.5) is 5.69 Å². The third kappa shape index (κ3) is 7.83. The average Bonchev–Trinajstić information content (AvgIpc) is 2.73. The maximum atomic E-state index is 11.9. The van der Waals surface area contributed by atoms with Gasteiger partial charge in [-0.3, -0.25) is 9.59 Å². The molecule has 0 fully saturated rings. The Balaban J connectivity index is 1.57. The summed E-state index contributed by atoms with van der Waals surface area (Å²) in [5, 5.41) is 26.0. The number of carbonyl (C=O) groups is 2. The largest absolute Gasteiger partial charge is 0.507 e. The molecule has 8 nitrogen and oxygen atoms in total. The number of rotatable bonds is 11. The Morgan fingerprint density at radius 2 is 1.67 bits per heavy atom. The van der Waals surface area contributed by atoms with Gasteiger partial charge in [-0.1, -0.05) is 25.0 Å². The molecule has 2 amide bonds. The minimum Gasteiger partial charge on any atom is -0.507 e. The lowest BCUT2D eigenvalue weighted by molar-refractivity contribution is -0.121. The molecule has 0 radical (unpaired) electrons. The van der Waals surface area contributed by atoms with Crippen LogP contribution in [-0.4, -0.2) is 35.4 Å². The molecule has 0 saturated carbocycles. The van der Waals surface area contributed by atoms with Gasteiger partial charge in [0.2, 0.25) is 11.8 Å².